The molecule has 21 heavy (non-hydrogen) atoms. The van der Waals surface area contributed by atoms with E-state index in [9.17, 15) is 4.79 Å². The van der Waals surface area contributed by atoms with Gasteiger partial charge >= 0.3 is 0 Å². The van der Waals surface area contributed by atoms with Crippen molar-refractivity contribution in [1.82, 2.24) is 0 Å². The summed E-state index contributed by atoms with van der Waals surface area (Å²) in [5, 5.41) is 0. The van der Waals surface area contributed by atoms with E-state index in [1.807, 2.05) is 37.3 Å². The fourth-order valence-corrected chi connectivity index (χ4v) is 2.29. The summed E-state index contributed by atoms with van der Waals surface area (Å²) >= 11 is 0. The molecular formula is C19H22O2. The monoisotopic (exact) mass is 282 g/mol. The van der Waals surface area contributed by atoms with E-state index in [2.05, 4.69) is 33.8 Å². The maximum Gasteiger partial charge on any atom is 0.153 e. The van der Waals surface area contributed by atoms with Crippen molar-refractivity contribution >= 4 is 6.29 Å². The van der Waals surface area contributed by atoms with Crippen molar-refractivity contribution in [3.63, 3.8) is 0 Å². The normalized spacial score (nSPS) is 11.3. The van der Waals surface area contributed by atoms with Crippen molar-refractivity contribution in [3.05, 3.63) is 58.7 Å². The molecule has 0 aliphatic heterocycles. The summed E-state index contributed by atoms with van der Waals surface area (Å²) in [5.41, 5.74) is 3.94. The van der Waals surface area contributed by atoms with Crippen molar-refractivity contribution in [2.45, 2.75) is 40.0 Å². The van der Waals surface area contributed by atoms with Gasteiger partial charge < -0.3 is 4.74 Å². The first-order valence-electron chi connectivity index (χ1n) is 7.16. The molecule has 0 bridgehead atoms. The molecule has 0 atom stereocenters. The predicted molar refractivity (Wildman–Crippen MR) is 86.5 cm³/mol. The third-order valence-corrected chi connectivity index (χ3v) is 3.46. The van der Waals surface area contributed by atoms with Crippen LogP contribution in [-0.2, 0) is 5.41 Å². The van der Waals surface area contributed by atoms with Crippen molar-refractivity contribution in [2.24, 2.45) is 0 Å². The van der Waals surface area contributed by atoms with Gasteiger partial charge in [0.25, 0.3) is 0 Å². The number of rotatable bonds is 3. The molecule has 0 unspecified atom stereocenters. The molecule has 0 saturated carbocycles. The zero-order valence-corrected chi connectivity index (χ0v) is 13.4. The van der Waals surface area contributed by atoms with Gasteiger partial charge in [0.05, 0.1) is 5.56 Å². The first-order valence-corrected chi connectivity index (χ1v) is 7.16. The lowest BCUT2D eigenvalue weighted by Gasteiger charge is -2.23. The van der Waals surface area contributed by atoms with Crippen LogP contribution in [0.5, 0.6) is 11.5 Å². The fraction of sp³-hybridized carbons (Fsp3) is 0.316. The molecule has 2 heteroatoms. The van der Waals surface area contributed by atoms with Crippen LogP contribution in [0.4, 0.5) is 0 Å². The Labute approximate surface area is 126 Å². The van der Waals surface area contributed by atoms with Gasteiger partial charge in [-0.25, -0.2) is 0 Å². The summed E-state index contributed by atoms with van der Waals surface area (Å²) in [5.74, 6) is 1.41. The molecule has 0 aromatic heterocycles. The largest absolute Gasteiger partial charge is 0.456 e. The van der Waals surface area contributed by atoms with E-state index in [0.29, 0.717) is 11.3 Å². The quantitative estimate of drug-likeness (QED) is 0.723. The zero-order chi connectivity index (χ0) is 15.6. The second-order valence-electron chi connectivity index (χ2n) is 6.51. The number of ether oxygens (including phenoxy) is 1. The van der Waals surface area contributed by atoms with E-state index in [1.165, 1.54) is 5.56 Å². The average Bonchev–Trinajstić information content (AvgIpc) is 2.41. The smallest absolute Gasteiger partial charge is 0.153 e. The average molecular weight is 282 g/mol. The lowest BCUT2D eigenvalue weighted by molar-refractivity contribution is 0.112. The Bertz CT molecular complexity index is 664. The molecule has 0 radical (unpaired) electrons. The van der Waals surface area contributed by atoms with Crippen LogP contribution in [0.1, 0.15) is 47.8 Å². The highest BCUT2D eigenvalue weighted by Gasteiger charge is 2.20. The Hall–Kier alpha value is -2.09. The van der Waals surface area contributed by atoms with Crippen LogP contribution in [0.15, 0.2) is 36.4 Å². The summed E-state index contributed by atoms with van der Waals surface area (Å²) in [7, 11) is 0. The van der Waals surface area contributed by atoms with E-state index in [-0.39, 0.29) is 5.41 Å². The van der Waals surface area contributed by atoms with Crippen LogP contribution in [0.2, 0.25) is 0 Å². The van der Waals surface area contributed by atoms with Gasteiger partial charge in [-0.1, -0.05) is 50.1 Å². The maximum absolute atomic E-state index is 11.2. The molecule has 2 aromatic carbocycles. The Morgan fingerprint density at radius 1 is 0.905 bits per heavy atom. The molecule has 0 aliphatic carbocycles. The van der Waals surface area contributed by atoms with Crippen LogP contribution in [-0.4, -0.2) is 6.29 Å². The van der Waals surface area contributed by atoms with E-state index >= 15 is 0 Å². The minimum Gasteiger partial charge on any atom is -0.456 e. The number of carbonyl (C=O) groups is 1. The van der Waals surface area contributed by atoms with Gasteiger partial charge in [-0.15, -0.1) is 0 Å². The standard InChI is InChI=1S/C19H22O2/c1-13-6-8-17(15(10-13)12-20)21-18-9-7-14(2)11-16(18)19(3,4)5/h6-12H,1-5H3. The number of hydrogen-bond acceptors (Lipinski definition) is 2. The van der Waals surface area contributed by atoms with Crippen molar-refractivity contribution in [2.75, 3.05) is 0 Å². The van der Waals surface area contributed by atoms with E-state index in [1.54, 1.807) is 0 Å². The predicted octanol–water partition coefficient (Wildman–Crippen LogP) is 5.21. The number of aryl methyl sites for hydroxylation is 2. The first-order chi connectivity index (χ1) is 9.81. The van der Waals surface area contributed by atoms with E-state index in [0.717, 1.165) is 23.2 Å². The highest BCUT2D eigenvalue weighted by atomic mass is 16.5. The minimum atomic E-state index is -0.0204. The molecule has 110 valence electrons. The van der Waals surface area contributed by atoms with E-state index in [4.69, 9.17) is 4.74 Å². The molecular weight excluding hydrogens is 260 g/mol. The molecule has 2 nitrogen and oxygen atoms in total. The highest BCUT2D eigenvalue weighted by molar-refractivity contribution is 5.80. The SMILES string of the molecule is Cc1ccc(Oc2ccc(C)cc2C(C)(C)C)c(C=O)c1. The molecule has 0 aliphatic rings. The lowest BCUT2D eigenvalue weighted by atomic mass is 9.85. The van der Waals surface area contributed by atoms with Crippen LogP contribution < -0.4 is 4.74 Å². The van der Waals surface area contributed by atoms with Crippen LogP contribution in [0.25, 0.3) is 0 Å². The van der Waals surface area contributed by atoms with Gasteiger partial charge in [0, 0.05) is 5.56 Å². The third kappa shape index (κ3) is 3.52. The summed E-state index contributed by atoms with van der Waals surface area (Å²) in [6.45, 7) is 10.5. The van der Waals surface area contributed by atoms with Gasteiger partial charge in [-0.3, -0.25) is 4.79 Å². The second-order valence-corrected chi connectivity index (χ2v) is 6.51. The molecule has 0 N–H and O–H groups in total. The number of aldehydes is 1. The van der Waals surface area contributed by atoms with Crippen molar-refractivity contribution in [3.8, 4) is 11.5 Å². The van der Waals surface area contributed by atoms with Gasteiger partial charge in [-0.2, -0.15) is 0 Å². The van der Waals surface area contributed by atoms with Crippen LogP contribution >= 0.6 is 0 Å². The molecule has 2 aromatic rings. The number of hydrogen-bond donors (Lipinski definition) is 0. The summed E-state index contributed by atoms with van der Waals surface area (Å²) in [6, 6.07) is 11.8. The van der Waals surface area contributed by atoms with Crippen molar-refractivity contribution < 1.29 is 9.53 Å². The minimum absolute atomic E-state index is 0.0204. The van der Waals surface area contributed by atoms with Crippen molar-refractivity contribution in [1.29, 1.82) is 0 Å². The van der Waals surface area contributed by atoms with Gasteiger partial charge in [0.1, 0.15) is 11.5 Å². The summed E-state index contributed by atoms with van der Waals surface area (Å²) in [6.07, 6.45) is 0.841. The van der Waals surface area contributed by atoms with Gasteiger partial charge in [0.15, 0.2) is 6.29 Å². The third-order valence-electron chi connectivity index (χ3n) is 3.46. The maximum atomic E-state index is 11.2. The van der Waals surface area contributed by atoms with Gasteiger partial charge in [-0.05, 0) is 37.5 Å². The fourth-order valence-electron chi connectivity index (χ4n) is 2.29. The number of carbonyl (C=O) groups excluding carboxylic acids is 1. The first kappa shape index (κ1) is 15.3. The summed E-state index contributed by atoms with van der Waals surface area (Å²) in [4.78, 5) is 11.2. The molecule has 0 spiro atoms. The lowest BCUT2D eigenvalue weighted by Crippen LogP contribution is -2.13. The summed E-state index contributed by atoms with van der Waals surface area (Å²) < 4.78 is 6.04. The molecule has 0 amide bonds. The Morgan fingerprint density at radius 2 is 1.48 bits per heavy atom. The topological polar surface area (TPSA) is 26.3 Å². The Morgan fingerprint density at radius 3 is 2.05 bits per heavy atom. The van der Waals surface area contributed by atoms with Gasteiger partial charge in [0.2, 0.25) is 0 Å². The molecule has 0 heterocycles. The number of benzene rings is 2. The van der Waals surface area contributed by atoms with Crippen LogP contribution in [0.3, 0.4) is 0 Å². The molecule has 2 rings (SSSR count). The molecule has 0 fully saturated rings. The highest BCUT2D eigenvalue weighted by Crippen LogP contribution is 2.35. The Balaban J connectivity index is 2.47. The second kappa shape index (κ2) is 5.72. The van der Waals surface area contributed by atoms with E-state index < -0.39 is 0 Å². The Kier molecular flexibility index (Phi) is 4.17. The zero-order valence-electron chi connectivity index (χ0n) is 13.4. The van der Waals surface area contributed by atoms with Crippen LogP contribution in [0, 0.1) is 13.8 Å². The molecule has 0 saturated heterocycles.